The quantitative estimate of drug-likeness (QED) is 0.935. The summed E-state index contributed by atoms with van der Waals surface area (Å²) in [7, 11) is 0. The van der Waals surface area contributed by atoms with Gasteiger partial charge in [0.05, 0.1) is 13.2 Å². The summed E-state index contributed by atoms with van der Waals surface area (Å²) in [5.41, 5.74) is 2.52. The third-order valence-corrected chi connectivity index (χ3v) is 3.84. The fourth-order valence-corrected chi connectivity index (χ4v) is 2.74. The summed E-state index contributed by atoms with van der Waals surface area (Å²) < 4.78 is 11.3. The lowest BCUT2D eigenvalue weighted by Gasteiger charge is -2.26. The van der Waals surface area contributed by atoms with E-state index < -0.39 is 0 Å². The van der Waals surface area contributed by atoms with Crippen LogP contribution in [0, 0.1) is 0 Å². The molecule has 110 valence electrons. The SMILES string of the molecule is CC(CO)Oc1ccc(C2CCOc3ccccc32)cc1. The molecule has 0 bridgehead atoms. The molecule has 3 rings (SSSR count). The fraction of sp³-hybridized carbons (Fsp3) is 0.333. The van der Waals surface area contributed by atoms with Crippen LogP contribution in [0.3, 0.4) is 0 Å². The molecule has 0 radical (unpaired) electrons. The second-order valence-corrected chi connectivity index (χ2v) is 5.41. The van der Waals surface area contributed by atoms with E-state index in [2.05, 4.69) is 24.3 Å². The number of para-hydroxylation sites is 1. The lowest BCUT2D eigenvalue weighted by Crippen LogP contribution is -2.16. The number of hydrogen-bond donors (Lipinski definition) is 1. The first-order valence-electron chi connectivity index (χ1n) is 7.37. The smallest absolute Gasteiger partial charge is 0.123 e. The van der Waals surface area contributed by atoms with Crippen LogP contribution in [-0.2, 0) is 0 Å². The largest absolute Gasteiger partial charge is 0.493 e. The Morgan fingerprint density at radius 3 is 2.71 bits per heavy atom. The molecule has 0 aliphatic carbocycles. The highest BCUT2D eigenvalue weighted by Gasteiger charge is 2.22. The molecule has 0 saturated carbocycles. The summed E-state index contributed by atoms with van der Waals surface area (Å²) in [5.74, 6) is 2.16. The van der Waals surface area contributed by atoms with E-state index in [1.807, 2.05) is 31.2 Å². The predicted molar refractivity (Wildman–Crippen MR) is 82.0 cm³/mol. The second kappa shape index (κ2) is 6.19. The molecule has 2 aromatic rings. The molecule has 1 N–H and O–H groups in total. The molecule has 0 aromatic heterocycles. The van der Waals surface area contributed by atoms with E-state index in [1.54, 1.807) is 0 Å². The zero-order valence-corrected chi connectivity index (χ0v) is 12.2. The minimum atomic E-state index is -0.181. The first-order valence-corrected chi connectivity index (χ1v) is 7.37. The van der Waals surface area contributed by atoms with E-state index in [1.165, 1.54) is 11.1 Å². The summed E-state index contributed by atoms with van der Waals surface area (Å²) in [6.07, 6.45) is 0.809. The zero-order chi connectivity index (χ0) is 14.7. The van der Waals surface area contributed by atoms with Crippen molar-refractivity contribution in [3.8, 4) is 11.5 Å². The maximum Gasteiger partial charge on any atom is 0.123 e. The third-order valence-electron chi connectivity index (χ3n) is 3.84. The minimum Gasteiger partial charge on any atom is -0.493 e. The number of rotatable bonds is 4. The molecule has 3 nitrogen and oxygen atoms in total. The van der Waals surface area contributed by atoms with Gasteiger partial charge in [0.25, 0.3) is 0 Å². The van der Waals surface area contributed by atoms with Gasteiger partial charge in [0.1, 0.15) is 17.6 Å². The van der Waals surface area contributed by atoms with E-state index in [9.17, 15) is 0 Å². The van der Waals surface area contributed by atoms with Crippen LogP contribution in [0.25, 0.3) is 0 Å². The zero-order valence-electron chi connectivity index (χ0n) is 12.2. The molecule has 2 atom stereocenters. The minimum absolute atomic E-state index is 0.0229. The van der Waals surface area contributed by atoms with Crippen LogP contribution in [0.5, 0.6) is 11.5 Å². The van der Waals surface area contributed by atoms with Crippen molar-refractivity contribution in [2.45, 2.75) is 25.4 Å². The lowest BCUT2D eigenvalue weighted by molar-refractivity contribution is 0.129. The topological polar surface area (TPSA) is 38.7 Å². The molecule has 0 amide bonds. The van der Waals surface area contributed by atoms with Crippen LogP contribution in [-0.4, -0.2) is 24.4 Å². The van der Waals surface area contributed by atoms with Gasteiger partial charge in [0.2, 0.25) is 0 Å². The Hall–Kier alpha value is -2.00. The van der Waals surface area contributed by atoms with Gasteiger partial charge in [-0.3, -0.25) is 0 Å². The molecule has 1 aliphatic rings. The van der Waals surface area contributed by atoms with Gasteiger partial charge in [-0.05, 0) is 37.1 Å². The summed E-state index contributed by atoms with van der Waals surface area (Å²) in [6, 6.07) is 16.4. The van der Waals surface area contributed by atoms with Crippen molar-refractivity contribution in [3.05, 3.63) is 59.7 Å². The van der Waals surface area contributed by atoms with Gasteiger partial charge in [-0.15, -0.1) is 0 Å². The van der Waals surface area contributed by atoms with Crippen LogP contribution in [0.15, 0.2) is 48.5 Å². The molecular weight excluding hydrogens is 264 g/mol. The standard InChI is InChI=1S/C18H20O3/c1-13(12-19)21-15-8-6-14(7-9-15)16-10-11-20-18-5-3-2-4-17(16)18/h2-9,13,16,19H,10-12H2,1H3. The van der Waals surface area contributed by atoms with Gasteiger partial charge in [0.15, 0.2) is 0 Å². The summed E-state index contributed by atoms with van der Waals surface area (Å²) in [6.45, 7) is 2.62. The van der Waals surface area contributed by atoms with Crippen LogP contribution in [0.4, 0.5) is 0 Å². The molecule has 21 heavy (non-hydrogen) atoms. The molecule has 0 spiro atoms. The number of aliphatic hydroxyl groups excluding tert-OH is 1. The first kappa shape index (κ1) is 14.0. The Labute approximate surface area is 125 Å². The van der Waals surface area contributed by atoms with Crippen LogP contribution < -0.4 is 9.47 Å². The van der Waals surface area contributed by atoms with Crippen molar-refractivity contribution in [2.24, 2.45) is 0 Å². The summed E-state index contributed by atoms with van der Waals surface area (Å²) >= 11 is 0. The van der Waals surface area contributed by atoms with Gasteiger partial charge in [-0.2, -0.15) is 0 Å². The second-order valence-electron chi connectivity index (χ2n) is 5.41. The maximum absolute atomic E-state index is 9.02. The molecule has 3 heteroatoms. The van der Waals surface area contributed by atoms with Gasteiger partial charge in [-0.25, -0.2) is 0 Å². The molecular formula is C18H20O3. The van der Waals surface area contributed by atoms with Crippen LogP contribution in [0.1, 0.15) is 30.4 Å². The normalized spacial score (nSPS) is 18.5. The average molecular weight is 284 g/mol. The highest BCUT2D eigenvalue weighted by Crippen LogP contribution is 2.38. The Balaban J connectivity index is 1.82. The Morgan fingerprint density at radius 1 is 1.19 bits per heavy atom. The Kier molecular flexibility index (Phi) is 4.11. The third kappa shape index (κ3) is 3.03. The van der Waals surface area contributed by atoms with E-state index in [0.717, 1.165) is 24.5 Å². The van der Waals surface area contributed by atoms with E-state index in [-0.39, 0.29) is 12.7 Å². The lowest BCUT2D eigenvalue weighted by atomic mass is 9.87. The fourth-order valence-electron chi connectivity index (χ4n) is 2.74. The predicted octanol–water partition coefficient (Wildman–Crippen LogP) is 3.36. The Morgan fingerprint density at radius 2 is 1.95 bits per heavy atom. The van der Waals surface area contributed by atoms with Gasteiger partial charge >= 0.3 is 0 Å². The molecule has 1 heterocycles. The van der Waals surface area contributed by atoms with Crippen molar-refractivity contribution in [1.29, 1.82) is 0 Å². The van der Waals surface area contributed by atoms with Gasteiger partial charge in [-0.1, -0.05) is 30.3 Å². The highest BCUT2D eigenvalue weighted by atomic mass is 16.5. The molecule has 0 fully saturated rings. The summed E-state index contributed by atoms with van der Waals surface area (Å²) in [4.78, 5) is 0. The number of benzene rings is 2. The Bertz CT molecular complexity index is 592. The molecule has 1 aliphatic heterocycles. The monoisotopic (exact) mass is 284 g/mol. The number of aliphatic hydroxyl groups is 1. The average Bonchev–Trinajstić information content (AvgIpc) is 2.55. The molecule has 0 saturated heterocycles. The number of fused-ring (bicyclic) bond motifs is 1. The van der Waals surface area contributed by atoms with Crippen LogP contribution in [0.2, 0.25) is 0 Å². The van der Waals surface area contributed by atoms with Crippen molar-refractivity contribution in [2.75, 3.05) is 13.2 Å². The number of ether oxygens (including phenoxy) is 2. The van der Waals surface area contributed by atoms with E-state index >= 15 is 0 Å². The first-order chi connectivity index (χ1) is 10.3. The molecule has 2 aromatic carbocycles. The maximum atomic E-state index is 9.02. The van der Waals surface area contributed by atoms with E-state index in [0.29, 0.717) is 5.92 Å². The highest BCUT2D eigenvalue weighted by molar-refractivity contribution is 5.44. The number of hydrogen-bond acceptors (Lipinski definition) is 3. The summed E-state index contributed by atoms with van der Waals surface area (Å²) in [5, 5.41) is 9.02. The van der Waals surface area contributed by atoms with Crippen molar-refractivity contribution < 1.29 is 14.6 Å². The van der Waals surface area contributed by atoms with Crippen LogP contribution >= 0.6 is 0 Å². The van der Waals surface area contributed by atoms with Crippen molar-refractivity contribution >= 4 is 0 Å². The van der Waals surface area contributed by atoms with Gasteiger partial charge in [0, 0.05) is 11.5 Å². The van der Waals surface area contributed by atoms with Crippen molar-refractivity contribution in [3.63, 3.8) is 0 Å². The van der Waals surface area contributed by atoms with Gasteiger partial charge < -0.3 is 14.6 Å². The molecule has 2 unspecified atom stereocenters. The van der Waals surface area contributed by atoms with E-state index in [4.69, 9.17) is 14.6 Å². The van der Waals surface area contributed by atoms with Crippen molar-refractivity contribution in [1.82, 2.24) is 0 Å².